The minimum absolute atomic E-state index is 0.0190. The van der Waals surface area contributed by atoms with Gasteiger partial charge in [0.25, 0.3) is 5.91 Å². The lowest BCUT2D eigenvalue weighted by atomic mass is 9.68. The van der Waals surface area contributed by atoms with Gasteiger partial charge in [0.2, 0.25) is 0 Å². The van der Waals surface area contributed by atoms with Crippen molar-refractivity contribution in [3.05, 3.63) is 28.3 Å². The van der Waals surface area contributed by atoms with Crippen molar-refractivity contribution < 1.29 is 4.79 Å². The van der Waals surface area contributed by atoms with Gasteiger partial charge in [-0.2, -0.15) is 0 Å². The van der Waals surface area contributed by atoms with Gasteiger partial charge in [-0.3, -0.25) is 9.78 Å². The zero-order chi connectivity index (χ0) is 15.2. The summed E-state index contributed by atoms with van der Waals surface area (Å²) in [5, 5.41) is 0. The van der Waals surface area contributed by atoms with Gasteiger partial charge in [-0.15, -0.1) is 0 Å². The number of aromatic amines is 2. The molecule has 1 amide bonds. The van der Waals surface area contributed by atoms with E-state index in [0.29, 0.717) is 34.7 Å². The molecule has 1 aliphatic carbocycles. The Morgan fingerprint density at radius 2 is 2.14 bits per heavy atom. The van der Waals surface area contributed by atoms with E-state index in [1.165, 1.54) is 6.20 Å². The molecular weight excluding hydrogens is 268 g/mol. The molecule has 1 fully saturated rings. The van der Waals surface area contributed by atoms with E-state index in [1.54, 1.807) is 6.07 Å². The van der Waals surface area contributed by atoms with Gasteiger partial charge in [-0.25, -0.2) is 9.78 Å². The van der Waals surface area contributed by atoms with E-state index in [1.807, 2.05) is 11.8 Å². The molecule has 6 nitrogen and oxygen atoms in total. The molecule has 0 unspecified atom stereocenters. The summed E-state index contributed by atoms with van der Waals surface area (Å²) in [6, 6.07) is 1.99. The Morgan fingerprint density at radius 1 is 1.43 bits per heavy atom. The summed E-state index contributed by atoms with van der Waals surface area (Å²) >= 11 is 0. The number of nitrogens with zero attached hydrogens (tertiary/aromatic N) is 2. The third-order valence-electron chi connectivity index (χ3n) is 4.23. The highest BCUT2D eigenvalue weighted by molar-refractivity contribution is 5.96. The molecule has 6 heteroatoms. The Morgan fingerprint density at radius 3 is 2.76 bits per heavy atom. The zero-order valence-electron chi connectivity index (χ0n) is 12.6. The molecule has 2 N–H and O–H groups in total. The van der Waals surface area contributed by atoms with Gasteiger partial charge in [0.15, 0.2) is 5.65 Å². The van der Waals surface area contributed by atoms with Crippen molar-refractivity contribution in [1.29, 1.82) is 0 Å². The molecule has 2 aromatic rings. The van der Waals surface area contributed by atoms with Crippen LogP contribution >= 0.6 is 0 Å². The fourth-order valence-electron chi connectivity index (χ4n) is 3.21. The van der Waals surface area contributed by atoms with Crippen LogP contribution in [-0.4, -0.2) is 38.3 Å². The lowest BCUT2D eigenvalue weighted by Gasteiger charge is -2.48. The number of nitrogens with one attached hydrogen (secondary N) is 2. The van der Waals surface area contributed by atoms with Gasteiger partial charge >= 0.3 is 5.69 Å². The summed E-state index contributed by atoms with van der Waals surface area (Å²) in [4.78, 5) is 35.2. The van der Waals surface area contributed by atoms with Crippen LogP contribution < -0.4 is 5.69 Å². The van der Waals surface area contributed by atoms with Crippen molar-refractivity contribution in [3.8, 4) is 0 Å². The minimum Gasteiger partial charge on any atom is -0.336 e. The van der Waals surface area contributed by atoms with Crippen molar-refractivity contribution >= 4 is 17.1 Å². The molecule has 0 aliphatic heterocycles. The summed E-state index contributed by atoms with van der Waals surface area (Å²) < 4.78 is 0. The Kier molecular flexibility index (Phi) is 3.11. The zero-order valence-corrected chi connectivity index (χ0v) is 12.6. The average Bonchev–Trinajstić information content (AvgIpc) is 2.76. The van der Waals surface area contributed by atoms with Crippen LogP contribution in [-0.2, 0) is 0 Å². The fraction of sp³-hybridized carbons (Fsp3) is 0.533. The first-order chi connectivity index (χ1) is 9.89. The SMILES string of the molecule is CCN(C(=O)c1cnc2[nH]c(=O)[nH]c2c1)C1CC(C)(C)C1. The number of hydrogen-bond acceptors (Lipinski definition) is 3. The lowest BCUT2D eigenvalue weighted by Crippen LogP contribution is -2.51. The molecule has 112 valence electrons. The third-order valence-corrected chi connectivity index (χ3v) is 4.23. The number of carbonyl (C=O) groups is 1. The second-order valence-corrected chi connectivity index (χ2v) is 6.52. The van der Waals surface area contributed by atoms with E-state index in [4.69, 9.17) is 0 Å². The monoisotopic (exact) mass is 288 g/mol. The van der Waals surface area contributed by atoms with Crippen LogP contribution in [0.4, 0.5) is 0 Å². The maximum atomic E-state index is 12.7. The van der Waals surface area contributed by atoms with Crippen molar-refractivity contribution in [2.24, 2.45) is 5.41 Å². The van der Waals surface area contributed by atoms with E-state index < -0.39 is 0 Å². The second kappa shape index (κ2) is 4.72. The summed E-state index contributed by atoms with van der Waals surface area (Å²) in [5.41, 5.74) is 1.58. The van der Waals surface area contributed by atoms with Crippen LogP contribution in [0.2, 0.25) is 0 Å². The number of rotatable bonds is 3. The van der Waals surface area contributed by atoms with Gasteiger partial charge in [-0.1, -0.05) is 13.8 Å². The molecule has 0 radical (unpaired) electrons. The van der Waals surface area contributed by atoms with Crippen molar-refractivity contribution in [1.82, 2.24) is 19.9 Å². The van der Waals surface area contributed by atoms with Crippen LogP contribution in [0.5, 0.6) is 0 Å². The molecule has 2 heterocycles. The number of amides is 1. The largest absolute Gasteiger partial charge is 0.336 e. The third kappa shape index (κ3) is 2.46. The summed E-state index contributed by atoms with van der Waals surface area (Å²) in [5.74, 6) is -0.0190. The first-order valence-corrected chi connectivity index (χ1v) is 7.28. The number of aromatic nitrogens is 3. The molecule has 3 rings (SSSR count). The highest BCUT2D eigenvalue weighted by Crippen LogP contribution is 2.43. The maximum absolute atomic E-state index is 12.7. The van der Waals surface area contributed by atoms with Crippen molar-refractivity contribution in [2.75, 3.05) is 6.54 Å². The van der Waals surface area contributed by atoms with Gasteiger partial charge in [0.1, 0.15) is 0 Å². The highest BCUT2D eigenvalue weighted by atomic mass is 16.2. The fourth-order valence-corrected chi connectivity index (χ4v) is 3.21. The number of H-pyrrole nitrogens is 2. The van der Waals surface area contributed by atoms with E-state index in [9.17, 15) is 9.59 Å². The lowest BCUT2D eigenvalue weighted by molar-refractivity contribution is 0.0241. The standard InChI is InChI=1S/C15H20N4O2/c1-4-19(10-6-15(2,3)7-10)13(20)9-5-11-12(16-8-9)18-14(21)17-11/h5,8,10H,4,6-7H2,1-3H3,(H2,16,17,18,21). The van der Waals surface area contributed by atoms with E-state index >= 15 is 0 Å². The van der Waals surface area contributed by atoms with Crippen LogP contribution in [0.15, 0.2) is 17.1 Å². The first-order valence-electron chi connectivity index (χ1n) is 7.28. The van der Waals surface area contributed by atoms with Gasteiger partial charge in [0.05, 0.1) is 11.1 Å². The van der Waals surface area contributed by atoms with Gasteiger partial charge < -0.3 is 9.88 Å². The summed E-state index contributed by atoms with van der Waals surface area (Å²) in [6.07, 6.45) is 3.59. The Balaban J connectivity index is 1.86. The smallest absolute Gasteiger partial charge is 0.325 e. The molecule has 2 aromatic heterocycles. The minimum atomic E-state index is -0.310. The molecule has 0 spiro atoms. The van der Waals surface area contributed by atoms with Crippen molar-refractivity contribution in [3.63, 3.8) is 0 Å². The number of pyridine rings is 1. The highest BCUT2D eigenvalue weighted by Gasteiger charge is 2.40. The molecule has 1 aliphatic rings. The predicted octanol–water partition coefficient (Wildman–Crippen LogP) is 1.90. The molecule has 0 aromatic carbocycles. The van der Waals surface area contributed by atoms with E-state index in [-0.39, 0.29) is 11.6 Å². The van der Waals surface area contributed by atoms with Crippen LogP contribution in [0.25, 0.3) is 11.2 Å². The van der Waals surface area contributed by atoms with Crippen LogP contribution in [0, 0.1) is 5.41 Å². The Labute approximate surface area is 122 Å². The van der Waals surface area contributed by atoms with Gasteiger partial charge in [-0.05, 0) is 31.2 Å². The predicted molar refractivity (Wildman–Crippen MR) is 80.2 cm³/mol. The van der Waals surface area contributed by atoms with Crippen LogP contribution in [0.3, 0.4) is 0 Å². The van der Waals surface area contributed by atoms with Gasteiger partial charge in [0, 0.05) is 18.8 Å². The molecule has 21 heavy (non-hydrogen) atoms. The molecule has 0 atom stereocenters. The molecule has 1 saturated carbocycles. The van der Waals surface area contributed by atoms with Crippen LogP contribution in [0.1, 0.15) is 44.0 Å². The Bertz CT molecular complexity index is 735. The quantitative estimate of drug-likeness (QED) is 0.905. The summed E-state index contributed by atoms with van der Waals surface area (Å²) in [6.45, 7) is 7.12. The normalized spacial score (nSPS) is 17.7. The summed E-state index contributed by atoms with van der Waals surface area (Å²) in [7, 11) is 0. The number of hydrogen-bond donors (Lipinski definition) is 2. The Hall–Kier alpha value is -2.11. The average molecular weight is 288 g/mol. The number of carbonyl (C=O) groups excluding carboxylic acids is 1. The molecular formula is C15H20N4O2. The number of imidazole rings is 1. The maximum Gasteiger partial charge on any atom is 0.325 e. The molecule has 0 saturated heterocycles. The topological polar surface area (TPSA) is 81.8 Å². The van der Waals surface area contributed by atoms with E-state index in [0.717, 1.165) is 12.8 Å². The first kappa shape index (κ1) is 13.9. The molecule has 0 bridgehead atoms. The van der Waals surface area contributed by atoms with E-state index in [2.05, 4.69) is 28.8 Å². The van der Waals surface area contributed by atoms with Crippen molar-refractivity contribution in [2.45, 2.75) is 39.7 Å². The number of fused-ring (bicyclic) bond motifs is 1. The second-order valence-electron chi connectivity index (χ2n) is 6.52.